The second-order valence-corrected chi connectivity index (χ2v) is 6.14. The highest BCUT2D eigenvalue weighted by molar-refractivity contribution is 9.10. The van der Waals surface area contributed by atoms with Crippen LogP contribution in [0.3, 0.4) is 0 Å². The molecule has 1 aromatic rings. The number of aliphatic hydroxyl groups excluding tert-OH is 1. The van der Waals surface area contributed by atoms with Crippen LogP contribution in [-0.2, 0) is 0 Å². The van der Waals surface area contributed by atoms with Gasteiger partial charge >= 0.3 is 0 Å². The van der Waals surface area contributed by atoms with Crippen LogP contribution in [-0.4, -0.2) is 5.11 Å². The summed E-state index contributed by atoms with van der Waals surface area (Å²) in [5, 5.41) is 9.96. The number of halogens is 2. The molecule has 0 saturated carbocycles. The van der Waals surface area contributed by atoms with Crippen LogP contribution in [0, 0.1) is 11.2 Å². The van der Waals surface area contributed by atoms with Crippen LogP contribution in [0.1, 0.15) is 45.3 Å². The molecule has 0 heterocycles. The molecule has 1 unspecified atom stereocenters. The van der Waals surface area contributed by atoms with Crippen molar-refractivity contribution < 1.29 is 9.50 Å². The van der Waals surface area contributed by atoms with E-state index in [2.05, 4.69) is 36.7 Å². The van der Waals surface area contributed by atoms with Gasteiger partial charge in [-0.05, 0) is 51.9 Å². The van der Waals surface area contributed by atoms with Gasteiger partial charge in [0.1, 0.15) is 5.82 Å². The minimum atomic E-state index is -0.517. The molecule has 0 bridgehead atoms. The van der Waals surface area contributed by atoms with Gasteiger partial charge in [0.15, 0.2) is 0 Å². The summed E-state index contributed by atoms with van der Waals surface area (Å²) in [6.45, 7) is 6.42. The van der Waals surface area contributed by atoms with Crippen LogP contribution in [0.2, 0.25) is 0 Å². The average molecular weight is 289 g/mol. The third-order valence-corrected chi connectivity index (χ3v) is 3.10. The van der Waals surface area contributed by atoms with Crippen molar-refractivity contribution in [2.75, 3.05) is 0 Å². The van der Waals surface area contributed by atoms with E-state index in [9.17, 15) is 9.50 Å². The van der Waals surface area contributed by atoms with Crippen molar-refractivity contribution >= 4 is 15.9 Å². The third kappa shape index (κ3) is 4.22. The maximum absolute atomic E-state index is 13.0. The molecule has 0 radical (unpaired) electrons. The smallest absolute Gasteiger partial charge is 0.137 e. The maximum Gasteiger partial charge on any atom is 0.137 e. The molecule has 0 spiro atoms. The van der Waals surface area contributed by atoms with Crippen LogP contribution >= 0.6 is 15.9 Å². The van der Waals surface area contributed by atoms with E-state index >= 15 is 0 Å². The fourth-order valence-corrected chi connectivity index (χ4v) is 1.85. The van der Waals surface area contributed by atoms with Crippen LogP contribution in [0.25, 0.3) is 0 Å². The normalized spacial score (nSPS) is 13.9. The molecule has 1 nitrogen and oxygen atoms in total. The largest absolute Gasteiger partial charge is 0.388 e. The molecule has 0 aliphatic heterocycles. The maximum atomic E-state index is 13.0. The Morgan fingerprint density at radius 2 is 2.00 bits per heavy atom. The Kier molecular flexibility index (Phi) is 4.51. The van der Waals surface area contributed by atoms with E-state index < -0.39 is 6.10 Å². The molecule has 1 atom stereocenters. The summed E-state index contributed by atoms with van der Waals surface area (Å²) >= 11 is 3.12. The first kappa shape index (κ1) is 13.7. The van der Waals surface area contributed by atoms with Crippen molar-refractivity contribution in [3.8, 4) is 0 Å². The lowest BCUT2D eigenvalue weighted by atomic mass is 9.88. The van der Waals surface area contributed by atoms with Crippen molar-refractivity contribution in [1.82, 2.24) is 0 Å². The zero-order valence-corrected chi connectivity index (χ0v) is 11.5. The van der Waals surface area contributed by atoms with Gasteiger partial charge < -0.3 is 5.11 Å². The van der Waals surface area contributed by atoms with Crippen molar-refractivity contribution in [3.05, 3.63) is 34.1 Å². The molecule has 1 rings (SSSR count). The van der Waals surface area contributed by atoms with Crippen molar-refractivity contribution in [2.24, 2.45) is 5.41 Å². The summed E-state index contributed by atoms with van der Waals surface area (Å²) in [5.41, 5.74) is 0.968. The fourth-order valence-electron chi connectivity index (χ4n) is 1.46. The van der Waals surface area contributed by atoms with Gasteiger partial charge in [-0.25, -0.2) is 4.39 Å². The van der Waals surface area contributed by atoms with E-state index in [4.69, 9.17) is 0 Å². The number of benzene rings is 1. The van der Waals surface area contributed by atoms with Gasteiger partial charge in [-0.15, -0.1) is 0 Å². The quantitative estimate of drug-likeness (QED) is 0.871. The number of rotatable bonds is 3. The second-order valence-electron chi connectivity index (χ2n) is 5.29. The van der Waals surface area contributed by atoms with Gasteiger partial charge in [0.25, 0.3) is 0 Å². The van der Waals surface area contributed by atoms with E-state index in [1.165, 1.54) is 6.07 Å². The zero-order valence-electron chi connectivity index (χ0n) is 9.93. The zero-order chi connectivity index (χ0) is 12.3. The van der Waals surface area contributed by atoms with Crippen molar-refractivity contribution in [3.63, 3.8) is 0 Å². The van der Waals surface area contributed by atoms with Gasteiger partial charge in [-0.1, -0.05) is 26.8 Å². The highest BCUT2D eigenvalue weighted by Crippen LogP contribution is 2.29. The first-order valence-electron chi connectivity index (χ1n) is 5.42. The lowest BCUT2D eigenvalue weighted by molar-refractivity contribution is 0.147. The van der Waals surface area contributed by atoms with Crippen molar-refractivity contribution in [2.45, 2.75) is 39.7 Å². The summed E-state index contributed by atoms with van der Waals surface area (Å²) in [5.74, 6) is -0.299. The standard InChI is InChI=1S/C13H18BrFO/c1-13(2,3)7-6-12(16)9-4-5-11(15)10(14)8-9/h4-5,8,12,16H,6-7H2,1-3H3. The van der Waals surface area contributed by atoms with Gasteiger partial charge in [0, 0.05) is 0 Å². The SMILES string of the molecule is CC(C)(C)CCC(O)c1ccc(F)c(Br)c1. The monoisotopic (exact) mass is 288 g/mol. The van der Waals surface area contributed by atoms with E-state index in [0.29, 0.717) is 10.9 Å². The molecule has 16 heavy (non-hydrogen) atoms. The number of aliphatic hydroxyl groups is 1. The Labute approximate surface area is 105 Å². The Balaban J connectivity index is 2.66. The first-order chi connectivity index (χ1) is 7.29. The van der Waals surface area contributed by atoms with Crippen molar-refractivity contribution in [1.29, 1.82) is 0 Å². The van der Waals surface area contributed by atoms with E-state index in [1.807, 2.05) is 0 Å². The first-order valence-corrected chi connectivity index (χ1v) is 6.22. The minimum absolute atomic E-state index is 0.207. The number of hydrogen-bond acceptors (Lipinski definition) is 1. The van der Waals surface area contributed by atoms with E-state index in [1.54, 1.807) is 12.1 Å². The molecular weight excluding hydrogens is 271 g/mol. The minimum Gasteiger partial charge on any atom is -0.388 e. The van der Waals surface area contributed by atoms with Gasteiger partial charge in [0.2, 0.25) is 0 Å². The number of hydrogen-bond donors (Lipinski definition) is 1. The molecule has 0 aliphatic rings. The molecule has 1 N–H and O–H groups in total. The Hall–Kier alpha value is -0.410. The lowest BCUT2D eigenvalue weighted by Gasteiger charge is -2.20. The molecular formula is C13H18BrFO. The molecule has 0 saturated heterocycles. The Morgan fingerprint density at radius 1 is 1.38 bits per heavy atom. The highest BCUT2D eigenvalue weighted by atomic mass is 79.9. The molecule has 1 aromatic carbocycles. The van der Waals surface area contributed by atoms with Crippen LogP contribution in [0.5, 0.6) is 0 Å². The fraction of sp³-hybridized carbons (Fsp3) is 0.538. The molecule has 3 heteroatoms. The summed E-state index contributed by atoms with van der Waals surface area (Å²) < 4.78 is 13.4. The van der Waals surface area contributed by atoms with E-state index in [-0.39, 0.29) is 11.2 Å². The Morgan fingerprint density at radius 3 is 2.50 bits per heavy atom. The van der Waals surface area contributed by atoms with Crippen LogP contribution in [0.15, 0.2) is 22.7 Å². The highest BCUT2D eigenvalue weighted by Gasteiger charge is 2.15. The molecule has 0 fully saturated rings. The van der Waals surface area contributed by atoms with Crippen LogP contribution in [0.4, 0.5) is 4.39 Å². The molecule has 0 amide bonds. The summed E-state index contributed by atoms with van der Waals surface area (Å²) in [6, 6.07) is 4.65. The predicted molar refractivity (Wildman–Crippen MR) is 67.7 cm³/mol. The Bertz CT molecular complexity index is 357. The van der Waals surface area contributed by atoms with Crippen LogP contribution < -0.4 is 0 Å². The summed E-state index contributed by atoms with van der Waals surface area (Å²) in [4.78, 5) is 0. The van der Waals surface area contributed by atoms with Gasteiger partial charge in [0.05, 0.1) is 10.6 Å². The predicted octanol–water partition coefficient (Wildman–Crippen LogP) is 4.45. The topological polar surface area (TPSA) is 20.2 Å². The lowest BCUT2D eigenvalue weighted by Crippen LogP contribution is -2.08. The molecule has 0 aliphatic carbocycles. The molecule has 90 valence electrons. The average Bonchev–Trinajstić information content (AvgIpc) is 2.17. The molecule has 0 aromatic heterocycles. The summed E-state index contributed by atoms with van der Waals surface area (Å²) in [7, 11) is 0. The second kappa shape index (κ2) is 5.28. The third-order valence-electron chi connectivity index (χ3n) is 2.50. The van der Waals surface area contributed by atoms with Gasteiger partial charge in [-0.3, -0.25) is 0 Å². The summed E-state index contributed by atoms with van der Waals surface area (Å²) in [6.07, 6.45) is 1.11. The van der Waals surface area contributed by atoms with E-state index in [0.717, 1.165) is 12.0 Å². The van der Waals surface area contributed by atoms with Gasteiger partial charge in [-0.2, -0.15) is 0 Å².